The molecule has 0 bridgehead atoms. The van der Waals surface area contributed by atoms with E-state index in [0.29, 0.717) is 16.9 Å². The number of hydrazone groups is 1. The summed E-state index contributed by atoms with van der Waals surface area (Å²) in [5.74, 6) is 2.33. The van der Waals surface area contributed by atoms with Crippen molar-refractivity contribution in [1.82, 2.24) is 5.43 Å². The van der Waals surface area contributed by atoms with Gasteiger partial charge in [-0.05, 0) is 29.8 Å². The summed E-state index contributed by atoms with van der Waals surface area (Å²) in [6.45, 7) is 0.0560. The first-order valence-corrected chi connectivity index (χ1v) is 8.21. The number of carbonyl (C=O) groups is 1. The standard InChI is InChI=1S/C19H12Cl2N2O3/c1-2-7-25-18-14(20)8-12(9-15(18)21)11-22-23-19(24)17-10-13-5-3-4-6-16(13)26-17/h1,3-6,8-11H,7H2,(H,23,24)/b22-11-. The highest BCUT2D eigenvalue weighted by molar-refractivity contribution is 6.37. The zero-order valence-corrected chi connectivity index (χ0v) is 14.8. The van der Waals surface area contributed by atoms with Crippen LogP contribution < -0.4 is 10.2 Å². The van der Waals surface area contributed by atoms with Gasteiger partial charge in [0.1, 0.15) is 12.2 Å². The van der Waals surface area contributed by atoms with Crippen molar-refractivity contribution in [3.63, 3.8) is 0 Å². The van der Waals surface area contributed by atoms with Crippen molar-refractivity contribution in [3.8, 4) is 18.1 Å². The molecule has 0 aliphatic carbocycles. The predicted molar refractivity (Wildman–Crippen MR) is 102 cm³/mol. The Morgan fingerprint density at radius 3 is 2.69 bits per heavy atom. The van der Waals surface area contributed by atoms with Gasteiger partial charge in [-0.3, -0.25) is 4.79 Å². The van der Waals surface area contributed by atoms with Gasteiger partial charge in [0.05, 0.1) is 16.3 Å². The van der Waals surface area contributed by atoms with Crippen LogP contribution in [-0.4, -0.2) is 18.7 Å². The van der Waals surface area contributed by atoms with Gasteiger partial charge in [0.15, 0.2) is 11.5 Å². The maximum Gasteiger partial charge on any atom is 0.307 e. The SMILES string of the molecule is C#CCOc1c(Cl)cc(/C=N\NC(=O)c2cc3ccccc3o2)cc1Cl. The predicted octanol–water partition coefficient (Wildman–Crippen LogP) is 4.52. The fourth-order valence-electron chi connectivity index (χ4n) is 2.22. The maximum atomic E-state index is 12.1. The molecular weight excluding hydrogens is 375 g/mol. The fraction of sp³-hybridized carbons (Fsp3) is 0.0526. The lowest BCUT2D eigenvalue weighted by Crippen LogP contribution is -2.16. The van der Waals surface area contributed by atoms with Crippen molar-refractivity contribution in [1.29, 1.82) is 0 Å². The summed E-state index contributed by atoms with van der Waals surface area (Å²) in [5.41, 5.74) is 3.60. The Morgan fingerprint density at radius 1 is 1.27 bits per heavy atom. The number of amides is 1. The Morgan fingerprint density at radius 2 is 2.00 bits per heavy atom. The largest absolute Gasteiger partial charge is 0.478 e. The Balaban J connectivity index is 1.70. The number of nitrogens with zero attached hydrogens (tertiary/aromatic N) is 1. The molecule has 0 fully saturated rings. The number of hydrogen-bond acceptors (Lipinski definition) is 4. The van der Waals surface area contributed by atoms with Crippen molar-refractivity contribution in [2.75, 3.05) is 6.61 Å². The summed E-state index contributed by atoms with van der Waals surface area (Å²) in [7, 11) is 0. The van der Waals surface area contributed by atoms with Crippen LogP contribution in [0.1, 0.15) is 16.1 Å². The number of halogens is 2. The van der Waals surface area contributed by atoms with E-state index in [2.05, 4.69) is 16.4 Å². The van der Waals surface area contributed by atoms with Gasteiger partial charge in [-0.2, -0.15) is 5.10 Å². The molecule has 0 atom stereocenters. The van der Waals surface area contributed by atoms with E-state index in [4.69, 9.17) is 38.8 Å². The van der Waals surface area contributed by atoms with Gasteiger partial charge >= 0.3 is 5.91 Å². The van der Waals surface area contributed by atoms with Crippen LogP contribution >= 0.6 is 23.2 Å². The molecule has 0 unspecified atom stereocenters. The number of furan rings is 1. The number of benzene rings is 2. The molecule has 1 N–H and O–H groups in total. The van der Waals surface area contributed by atoms with Crippen molar-refractivity contribution in [2.24, 2.45) is 5.10 Å². The molecule has 0 saturated carbocycles. The monoisotopic (exact) mass is 386 g/mol. The lowest BCUT2D eigenvalue weighted by molar-refractivity contribution is 0.0929. The summed E-state index contributed by atoms with van der Waals surface area (Å²) >= 11 is 12.2. The molecule has 0 aliphatic rings. The summed E-state index contributed by atoms with van der Waals surface area (Å²) in [6.07, 6.45) is 6.55. The van der Waals surface area contributed by atoms with Gasteiger partial charge in [0, 0.05) is 5.39 Å². The first kappa shape index (κ1) is 17.9. The number of rotatable bonds is 5. The van der Waals surface area contributed by atoms with E-state index in [9.17, 15) is 4.79 Å². The summed E-state index contributed by atoms with van der Waals surface area (Å²) in [5, 5.41) is 5.30. The molecular formula is C19H12Cl2N2O3. The number of terminal acetylenes is 1. The minimum absolute atomic E-state index is 0.0560. The number of carbonyl (C=O) groups excluding carboxylic acids is 1. The molecule has 2 aromatic carbocycles. The van der Waals surface area contributed by atoms with Crippen molar-refractivity contribution in [3.05, 3.63) is 63.8 Å². The second-order valence-corrected chi connectivity index (χ2v) is 5.97. The number of ether oxygens (including phenoxy) is 1. The Kier molecular flexibility index (Phi) is 5.47. The zero-order valence-electron chi connectivity index (χ0n) is 13.3. The summed E-state index contributed by atoms with van der Waals surface area (Å²) < 4.78 is 10.7. The average molecular weight is 387 g/mol. The van der Waals surface area contributed by atoms with Crippen molar-refractivity contribution < 1.29 is 13.9 Å². The van der Waals surface area contributed by atoms with Crippen molar-refractivity contribution in [2.45, 2.75) is 0 Å². The second-order valence-electron chi connectivity index (χ2n) is 5.15. The molecule has 1 aromatic heterocycles. The molecule has 0 radical (unpaired) electrons. The van der Waals surface area contributed by atoms with E-state index in [0.717, 1.165) is 5.39 Å². The van der Waals surface area contributed by atoms with E-state index >= 15 is 0 Å². The molecule has 0 aliphatic heterocycles. The van der Waals surface area contributed by atoms with E-state index < -0.39 is 5.91 Å². The first-order chi connectivity index (χ1) is 12.6. The maximum absolute atomic E-state index is 12.1. The van der Waals surface area contributed by atoms with E-state index in [1.807, 2.05) is 18.2 Å². The quantitative estimate of drug-likeness (QED) is 0.398. The molecule has 3 aromatic rings. The van der Waals surface area contributed by atoms with Crippen LogP contribution in [0.2, 0.25) is 10.0 Å². The molecule has 5 nitrogen and oxygen atoms in total. The third-order valence-electron chi connectivity index (χ3n) is 3.35. The third-order valence-corrected chi connectivity index (χ3v) is 3.91. The molecule has 0 saturated heterocycles. The van der Waals surface area contributed by atoms with Crippen LogP contribution in [0, 0.1) is 12.3 Å². The van der Waals surface area contributed by atoms with Gasteiger partial charge in [0.2, 0.25) is 0 Å². The fourth-order valence-corrected chi connectivity index (χ4v) is 2.83. The molecule has 1 amide bonds. The van der Waals surface area contributed by atoms with Crippen molar-refractivity contribution >= 4 is 46.3 Å². The van der Waals surface area contributed by atoms with Gasteiger partial charge in [-0.1, -0.05) is 47.3 Å². The Bertz CT molecular complexity index is 979. The van der Waals surface area contributed by atoms with Crippen LogP contribution in [0.25, 0.3) is 11.0 Å². The lowest BCUT2D eigenvalue weighted by Gasteiger charge is -2.08. The highest BCUT2D eigenvalue weighted by Gasteiger charge is 2.11. The van der Waals surface area contributed by atoms with Gasteiger partial charge in [0.25, 0.3) is 0 Å². The second kappa shape index (κ2) is 7.96. The molecule has 130 valence electrons. The summed E-state index contributed by atoms with van der Waals surface area (Å²) in [6, 6.07) is 12.2. The number of fused-ring (bicyclic) bond motifs is 1. The lowest BCUT2D eigenvalue weighted by atomic mass is 10.2. The normalized spacial score (nSPS) is 10.8. The minimum atomic E-state index is -0.469. The zero-order chi connectivity index (χ0) is 18.5. The van der Waals surface area contributed by atoms with Gasteiger partial charge in [-0.25, -0.2) is 5.43 Å². The highest BCUT2D eigenvalue weighted by Crippen LogP contribution is 2.33. The first-order valence-electron chi connectivity index (χ1n) is 7.46. The van der Waals surface area contributed by atoms with E-state index in [-0.39, 0.29) is 22.4 Å². The van der Waals surface area contributed by atoms with Crippen LogP contribution in [0.3, 0.4) is 0 Å². The third kappa shape index (κ3) is 3.99. The number of hydrogen-bond donors (Lipinski definition) is 1. The van der Waals surface area contributed by atoms with Gasteiger partial charge < -0.3 is 9.15 Å². The van der Waals surface area contributed by atoms with E-state index in [1.165, 1.54) is 6.21 Å². The summed E-state index contributed by atoms with van der Waals surface area (Å²) in [4.78, 5) is 12.1. The van der Waals surface area contributed by atoms with Crippen LogP contribution in [0.15, 0.2) is 52.0 Å². The Labute approximate surface area is 159 Å². The number of nitrogens with one attached hydrogen (secondary N) is 1. The van der Waals surface area contributed by atoms with E-state index in [1.54, 1.807) is 24.3 Å². The number of para-hydroxylation sites is 1. The molecule has 26 heavy (non-hydrogen) atoms. The van der Waals surface area contributed by atoms with Crippen LogP contribution in [-0.2, 0) is 0 Å². The Hall–Kier alpha value is -2.94. The smallest absolute Gasteiger partial charge is 0.307 e. The minimum Gasteiger partial charge on any atom is -0.478 e. The molecule has 0 spiro atoms. The van der Waals surface area contributed by atoms with Crippen LogP contribution in [0.4, 0.5) is 0 Å². The van der Waals surface area contributed by atoms with Gasteiger partial charge in [-0.15, -0.1) is 6.42 Å². The molecule has 7 heteroatoms. The van der Waals surface area contributed by atoms with Crippen LogP contribution in [0.5, 0.6) is 5.75 Å². The molecule has 1 heterocycles. The highest BCUT2D eigenvalue weighted by atomic mass is 35.5. The molecule has 3 rings (SSSR count). The topological polar surface area (TPSA) is 63.8 Å². The average Bonchev–Trinajstić information content (AvgIpc) is 3.05.